The van der Waals surface area contributed by atoms with Crippen LogP contribution in [0.2, 0.25) is 10.0 Å². The first-order valence-electron chi connectivity index (χ1n) is 12.1. The van der Waals surface area contributed by atoms with Crippen molar-refractivity contribution in [1.82, 2.24) is 15.3 Å². The van der Waals surface area contributed by atoms with Crippen LogP contribution in [-0.2, 0) is 29.1 Å². The van der Waals surface area contributed by atoms with Crippen molar-refractivity contribution >= 4 is 66.1 Å². The average Bonchev–Trinajstić information content (AvgIpc) is 3.22. The van der Waals surface area contributed by atoms with Gasteiger partial charge in [0.05, 0.1) is 21.2 Å². The Morgan fingerprint density at radius 2 is 1.89 bits per heavy atom. The number of fused-ring (bicyclic) bond motifs is 3. The Bertz CT molecular complexity index is 1530. The van der Waals surface area contributed by atoms with E-state index in [2.05, 4.69) is 44.9 Å². The highest BCUT2D eigenvalue weighted by molar-refractivity contribution is 7.90. The van der Waals surface area contributed by atoms with Gasteiger partial charge >= 0.3 is 0 Å². The van der Waals surface area contributed by atoms with E-state index in [0.717, 1.165) is 53.9 Å². The number of aromatic nitrogens is 2. The maximum absolute atomic E-state index is 11.6. The van der Waals surface area contributed by atoms with Gasteiger partial charge in [-0.2, -0.15) is 0 Å². The van der Waals surface area contributed by atoms with Crippen molar-refractivity contribution in [2.75, 3.05) is 30.4 Å². The molecule has 0 aliphatic heterocycles. The predicted molar refractivity (Wildman–Crippen MR) is 154 cm³/mol. The number of anilines is 2. The Labute approximate surface area is 231 Å². The standard InChI is InChI=1S/C27H28Cl2N4O2S2/c1-37(34,35)12-11-30-16-27(14-18-5-3-2-4-6-18)10-9-20-23(15-27)36-26-24(20)25(31-17-32-26)33-19-7-8-21(28)22(29)13-19/h2-8,13,17,30H,9-12,14-16H2,1H3,(H,31,32,33). The van der Waals surface area contributed by atoms with E-state index in [1.165, 1.54) is 22.3 Å². The fourth-order valence-corrected chi connectivity index (χ4v) is 7.25. The Balaban J connectivity index is 1.44. The van der Waals surface area contributed by atoms with E-state index < -0.39 is 9.84 Å². The Morgan fingerprint density at radius 1 is 1.08 bits per heavy atom. The van der Waals surface area contributed by atoms with Crippen molar-refractivity contribution in [3.8, 4) is 0 Å². The van der Waals surface area contributed by atoms with E-state index >= 15 is 0 Å². The number of benzene rings is 2. The molecular weight excluding hydrogens is 547 g/mol. The number of nitrogens with one attached hydrogen (secondary N) is 2. The quantitative estimate of drug-likeness (QED) is 0.235. The molecule has 0 saturated heterocycles. The molecule has 1 aliphatic carbocycles. The zero-order chi connectivity index (χ0) is 26.0. The second-order valence-electron chi connectivity index (χ2n) is 9.81. The second kappa shape index (κ2) is 10.9. The van der Waals surface area contributed by atoms with Gasteiger partial charge in [0.2, 0.25) is 0 Å². The molecule has 10 heteroatoms. The smallest absolute Gasteiger partial charge is 0.148 e. The van der Waals surface area contributed by atoms with Crippen LogP contribution in [0.15, 0.2) is 54.9 Å². The van der Waals surface area contributed by atoms with Gasteiger partial charge in [-0.1, -0.05) is 53.5 Å². The molecule has 0 bridgehead atoms. The number of hydrogen-bond acceptors (Lipinski definition) is 7. The van der Waals surface area contributed by atoms with Crippen molar-refractivity contribution in [1.29, 1.82) is 0 Å². The number of halogens is 2. The number of thiophene rings is 1. The summed E-state index contributed by atoms with van der Waals surface area (Å²) in [6.07, 6.45) is 6.58. The summed E-state index contributed by atoms with van der Waals surface area (Å²) in [5, 5.41) is 8.92. The van der Waals surface area contributed by atoms with Gasteiger partial charge in [0.1, 0.15) is 26.8 Å². The van der Waals surface area contributed by atoms with Crippen LogP contribution < -0.4 is 10.6 Å². The van der Waals surface area contributed by atoms with Crippen molar-refractivity contribution in [3.63, 3.8) is 0 Å². The maximum atomic E-state index is 11.6. The highest BCUT2D eigenvalue weighted by atomic mass is 35.5. The lowest BCUT2D eigenvalue weighted by molar-refractivity contribution is 0.236. The molecule has 0 fully saturated rings. The molecule has 6 nitrogen and oxygen atoms in total. The van der Waals surface area contributed by atoms with Gasteiger partial charge in [-0.3, -0.25) is 0 Å². The van der Waals surface area contributed by atoms with E-state index in [1.54, 1.807) is 29.8 Å². The van der Waals surface area contributed by atoms with E-state index in [1.807, 2.05) is 12.1 Å². The molecule has 2 N–H and O–H groups in total. The molecule has 37 heavy (non-hydrogen) atoms. The van der Waals surface area contributed by atoms with Crippen LogP contribution in [-0.4, -0.2) is 43.5 Å². The molecular formula is C27H28Cl2N4O2S2. The first-order valence-corrected chi connectivity index (χ1v) is 15.7. The average molecular weight is 576 g/mol. The second-order valence-corrected chi connectivity index (χ2v) is 14.0. The summed E-state index contributed by atoms with van der Waals surface area (Å²) in [5.74, 6) is 0.907. The van der Waals surface area contributed by atoms with Crippen LogP contribution in [0, 0.1) is 5.41 Å². The highest BCUT2D eigenvalue weighted by Crippen LogP contribution is 2.46. The lowest BCUT2D eigenvalue weighted by Crippen LogP contribution is -2.41. The summed E-state index contributed by atoms with van der Waals surface area (Å²) in [5.41, 5.74) is 3.39. The van der Waals surface area contributed by atoms with Crippen LogP contribution in [0.3, 0.4) is 0 Å². The molecule has 2 aromatic carbocycles. The fourth-order valence-electron chi connectivity index (χ4n) is 5.07. The van der Waals surface area contributed by atoms with Crippen molar-refractivity contribution < 1.29 is 8.42 Å². The van der Waals surface area contributed by atoms with Gasteiger partial charge in [0, 0.05) is 29.9 Å². The maximum Gasteiger partial charge on any atom is 0.148 e. The number of aryl methyl sites for hydroxylation is 1. The lowest BCUT2D eigenvalue weighted by atomic mass is 9.70. The molecule has 0 spiro atoms. The van der Waals surface area contributed by atoms with Crippen LogP contribution in [0.25, 0.3) is 10.2 Å². The van der Waals surface area contributed by atoms with Crippen molar-refractivity contribution in [2.45, 2.75) is 25.7 Å². The van der Waals surface area contributed by atoms with Gasteiger partial charge in [0.25, 0.3) is 0 Å². The van der Waals surface area contributed by atoms with Gasteiger partial charge in [-0.15, -0.1) is 11.3 Å². The molecule has 0 radical (unpaired) electrons. The number of rotatable bonds is 9. The molecule has 1 unspecified atom stereocenters. The van der Waals surface area contributed by atoms with E-state index in [0.29, 0.717) is 16.6 Å². The SMILES string of the molecule is CS(=O)(=O)CCNCC1(Cc2ccccc2)CCc2c(sc3ncnc(Nc4ccc(Cl)c(Cl)c4)c23)C1. The first-order chi connectivity index (χ1) is 17.7. The van der Waals surface area contributed by atoms with Crippen LogP contribution >= 0.6 is 34.5 Å². The molecule has 4 aromatic rings. The molecule has 0 saturated carbocycles. The summed E-state index contributed by atoms with van der Waals surface area (Å²) >= 11 is 14.0. The predicted octanol–water partition coefficient (Wildman–Crippen LogP) is 6.09. The fraction of sp³-hybridized carbons (Fsp3) is 0.333. The largest absolute Gasteiger partial charge is 0.340 e. The highest BCUT2D eigenvalue weighted by Gasteiger charge is 2.37. The van der Waals surface area contributed by atoms with Crippen molar-refractivity contribution in [3.05, 3.63) is 80.9 Å². The van der Waals surface area contributed by atoms with Gasteiger partial charge in [-0.05, 0) is 60.4 Å². The molecule has 2 heterocycles. The Kier molecular flexibility index (Phi) is 7.75. The lowest BCUT2D eigenvalue weighted by Gasteiger charge is -2.38. The molecule has 0 amide bonds. The summed E-state index contributed by atoms with van der Waals surface area (Å²) < 4.78 is 23.3. The zero-order valence-electron chi connectivity index (χ0n) is 20.4. The van der Waals surface area contributed by atoms with Crippen molar-refractivity contribution in [2.24, 2.45) is 5.41 Å². The molecule has 1 aliphatic rings. The summed E-state index contributed by atoms with van der Waals surface area (Å²) in [7, 11) is -3.01. The zero-order valence-corrected chi connectivity index (χ0v) is 23.6. The molecule has 5 rings (SSSR count). The normalized spacial score (nSPS) is 17.6. The van der Waals surface area contributed by atoms with E-state index in [-0.39, 0.29) is 11.2 Å². The van der Waals surface area contributed by atoms with Gasteiger partial charge in [0.15, 0.2) is 0 Å². The van der Waals surface area contributed by atoms with Gasteiger partial charge < -0.3 is 10.6 Å². The van der Waals surface area contributed by atoms with Crippen LogP contribution in [0.4, 0.5) is 11.5 Å². The topological polar surface area (TPSA) is 84.0 Å². The minimum absolute atomic E-state index is 0.0164. The Morgan fingerprint density at radius 3 is 2.65 bits per heavy atom. The molecule has 194 valence electrons. The number of hydrogen-bond donors (Lipinski definition) is 2. The minimum Gasteiger partial charge on any atom is -0.340 e. The third-order valence-corrected chi connectivity index (χ3v) is 9.69. The van der Waals surface area contributed by atoms with Crippen LogP contribution in [0.1, 0.15) is 22.4 Å². The first kappa shape index (κ1) is 26.4. The molecule has 1 atom stereocenters. The van der Waals surface area contributed by atoms with Crippen LogP contribution in [0.5, 0.6) is 0 Å². The summed E-state index contributed by atoms with van der Waals surface area (Å²) in [6, 6.07) is 16.0. The Hall–Kier alpha value is -2.23. The summed E-state index contributed by atoms with van der Waals surface area (Å²) in [6.45, 7) is 1.21. The number of sulfone groups is 1. The third kappa shape index (κ3) is 6.26. The molecule has 2 aromatic heterocycles. The van der Waals surface area contributed by atoms with Gasteiger partial charge in [-0.25, -0.2) is 18.4 Å². The number of nitrogens with zero attached hydrogens (tertiary/aromatic N) is 2. The monoisotopic (exact) mass is 574 g/mol. The third-order valence-electron chi connectivity index (χ3n) is 6.87. The summed E-state index contributed by atoms with van der Waals surface area (Å²) in [4.78, 5) is 11.4. The minimum atomic E-state index is -3.01. The van der Waals surface area contributed by atoms with E-state index in [9.17, 15) is 8.42 Å². The van der Waals surface area contributed by atoms with E-state index in [4.69, 9.17) is 23.2 Å².